The number of nitrogens with one attached hydrogen (secondary N) is 1. The Labute approximate surface area is 109 Å². The maximum atomic E-state index is 12.3. The summed E-state index contributed by atoms with van der Waals surface area (Å²) < 4.78 is 6.31. The summed E-state index contributed by atoms with van der Waals surface area (Å²) in [5, 5.41) is 2.44. The van der Waals surface area contributed by atoms with Crippen molar-refractivity contribution in [2.24, 2.45) is 5.73 Å². The van der Waals surface area contributed by atoms with Gasteiger partial charge in [0.25, 0.3) is 11.5 Å². The van der Waals surface area contributed by atoms with Crippen molar-refractivity contribution < 1.29 is 9.53 Å². The van der Waals surface area contributed by atoms with Crippen LogP contribution in [0.5, 0.6) is 5.75 Å². The van der Waals surface area contributed by atoms with Crippen LogP contribution in [0.4, 0.5) is 0 Å². The van der Waals surface area contributed by atoms with Gasteiger partial charge in [-0.15, -0.1) is 0 Å². The molecular weight excluding hydrogens is 246 g/mol. The number of carbonyl (C=O) groups excluding carboxylic acids is 1. The zero-order valence-electron chi connectivity index (χ0n) is 10.8. The molecule has 19 heavy (non-hydrogen) atoms. The van der Waals surface area contributed by atoms with Gasteiger partial charge in [0.1, 0.15) is 5.75 Å². The van der Waals surface area contributed by atoms with Gasteiger partial charge in [-0.3, -0.25) is 14.7 Å². The van der Waals surface area contributed by atoms with E-state index in [1.165, 1.54) is 10.7 Å². The fourth-order valence-corrected chi connectivity index (χ4v) is 1.90. The lowest BCUT2D eigenvalue weighted by atomic mass is 10.1. The summed E-state index contributed by atoms with van der Waals surface area (Å²) in [5.74, 6) is 0.380. The standard InChI is InChI=1S/C13H15N3O3/c1-8-5-9(3-4-11(8)19-2)13(18)16-10(7-14)6-12(17)15-16/h3-6H,7,14H2,1-2H3,(H,15,17). The summed E-state index contributed by atoms with van der Waals surface area (Å²) in [6, 6.07) is 6.38. The van der Waals surface area contributed by atoms with Crippen molar-refractivity contribution in [2.75, 3.05) is 7.11 Å². The molecule has 6 heteroatoms. The second-order valence-electron chi connectivity index (χ2n) is 4.14. The van der Waals surface area contributed by atoms with Gasteiger partial charge in [0.2, 0.25) is 0 Å². The third-order valence-corrected chi connectivity index (χ3v) is 2.86. The first kappa shape index (κ1) is 13.1. The van der Waals surface area contributed by atoms with Crippen LogP contribution in [0.3, 0.4) is 0 Å². The first-order valence-electron chi connectivity index (χ1n) is 5.77. The van der Waals surface area contributed by atoms with Gasteiger partial charge in [-0.05, 0) is 30.7 Å². The lowest BCUT2D eigenvalue weighted by molar-refractivity contribution is 0.0941. The Hall–Kier alpha value is -2.34. The first-order valence-corrected chi connectivity index (χ1v) is 5.77. The number of benzene rings is 1. The third kappa shape index (κ3) is 2.43. The zero-order chi connectivity index (χ0) is 14.0. The number of aryl methyl sites for hydroxylation is 1. The largest absolute Gasteiger partial charge is 0.496 e. The fraction of sp³-hybridized carbons (Fsp3) is 0.231. The number of rotatable bonds is 3. The minimum absolute atomic E-state index is 0.111. The van der Waals surface area contributed by atoms with E-state index in [1.807, 2.05) is 6.92 Å². The van der Waals surface area contributed by atoms with Crippen molar-refractivity contribution in [1.29, 1.82) is 0 Å². The molecule has 0 atom stereocenters. The molecule has 0 aliphatic rings. The average molecular weight is 261 g/mol. The second-order valence-corrected chi connectivity index (χ2v) is 4.14. The van der Waals surface area contributed by atoms with Crippen LogP contribution in [0.2, 0.25) is 0 Å². The van der Waals surface area contributed by atoms with Gasteiger partial charge in [0, 0.05) is 18.2 Å². The van der Waals surface area contributed by atoms with E-state index in [-0.39, 0.29) is 18.0 Å². The van der Waals surface area contributed by atoms with Gasteiger partial charge in [-0.25, -0.2) is 4.68 Å². The smallest absolute Gasteiger partial charge is 0.276 e. The molecule has 100 valence electrons. The number of hydrogen-bond acceptors (Lipinski definition) is 4. The molecule has 2 aromatic rings. The topological polar surface area (TPSA) is 90.1 Å². The number of methoxy groups -OCH3 is 1. The van der Waals surface area contributed by atoms with E-state index >= 15 is 0 Å². The van der Waals surface area contributed by atoms with Crippen LogP contribution in [0.25, 0.3) is 0 Å². The van der Waals surface area contributed by atoms with Crippen LogP contribution in [-0.4, -0.2) is 22.8 Å². The van der Waals surface area contributed by atoms with Crippen LogP contribution >= 0.6 is 0 Å². The number of hydrogen-bond donors (Lipinski definition) is 2. The van der Waals surface area contributed by atoms with Crippen LogP contribution in [0.1, 0.15) is 21.6 Å². The number of H-pyrrole nitrogens is 1. The maximum absolute atomic E-state index is 12.3. The molecule has 1 aromatic carbocycles. The molecule has 1 heterocycles. The molecule has 6 nitrogen and oxygen atoms in total. The highest BCUT2D eigenvalue weighted by atomic mass is 16.5. The van der Waals surface area contributed by atoms with Crippen molar-refractivity contribution in [3.05, 3.63) is 51.4 Å². The molecule has 3 N–H and O–H groups in total. The summed E-state index contributed by atoms with van der Waals surface area (Å²) in [7, 11) is 1.57. The summed E-state index contributed by atoms with van der Waals surface area (Å²) >= 11 is 0. The summed E-state index contributed by atoms with van der Waals surface area (Å²) in [4.78, 5) is 23.6. The van der Waals surface area contributed by atoms with Gasteiger partial charge in [-0.1, -0.05) is 0 Å². The Bertz CT molecular complexity index is 670. The van der Waals surface area contributed by atoms with Crippen molar-refractivity contribution >= 4 is 5.91 Å². The summed E-state index contributed by atoms with van der Waals surface area (Å²) in [6.45, 7) is 1.96. The Balaban J connectivity index is 2.44. The molecule has 2 rings (SSSR count). The summed E-state index contributed by atoms with van der Waals surface area (Å²) in [6.07, 6.45) is 0. The van der Waals surface area contributed by atoms with Gasteiger partial charge >= 0.3 is 0 Å². The van der Waals surface area contributed by atoms with Crippen molar-refractivity contribution in [3.8, 4) is 5.75 Å². The van der Waals surface area contributed by atoms with E-state index in [0.717, 1.165) is 5.56 Å². The lowest BCUT2D eigenvalue weighted by Gasteiger charge is -2.08. The van der Waals surface area contributed by atoms with E-state index in [2.05, 4.69) is 5.10 Å². The van der Waals surface area contributed by atoms with E-state index in [1.54, 1.807) is 25.3 Å². The molecular formula is C13H15N3O3. The van der Waals surface area contributed by atoms with E-state index in [0.29, 0.717) is 17.0 Å². The maximum Gasteiger partial charge on any atom is 0.276 e. The van der Waals surface area contributed by atoms with Crippen LogP contribution in [-0.2, 0) is 6.54 Å². The number of ether oxygens (including phenoxy) is 1. The van der Waals surface area contributed by atoms with Crippen LogP contribution in [0, 0.1) is 6.92 Å². The average Bonchev–Trinajstić information content (AvgIpc) is 2.79. The van der Waals surface area contributed by atoms with E-state index < -0.39 is 0 Å². The van der Waals surface area contributed by atoms with Gasteiger partial charge < -0.3 is 10.5 Å². The molecule has 0 fully saturated rings. The van der Waals surface area contributed by atoms with Crippen molar-refractivity contribution in [1.82, 2.24) is 9.78 Å². The number of nitrogens with zero attached hydrogens (tertiary/aromatic N) is 1. The molecule has 0 saturated carbocycles. The lowest BCUT2D eigenvalue weighted by Crippen LogP contribution is -2.19. The predicted molar refractivity (Wildman–Crippen MR) is 70.4 cm³/mol. The zero-order valence-corrected chi connectivity index (χ0v) is 10.8. The fourth-order valence-electron chi connectivity index (χ4n) is 1.90. The molecule has 0 unspecified atom stereocenters. The number of nitrogens with two attached hydrogens (primary N) is 1. The van der Waals surface area contributed by atoms with Crippen LogP contribution < -0.4 is 16.0 Å². The molecule has 0 saturated heterocycles. The minimum Gasteiger partial charge on any atom is -0.496 e. The van der Waals surface area contributed by atoms with E-state index in [4.69, 9.17) is 10.5 Å². The highest BCUT2D eigenvalue weighted by Gasteiger charge is 2.14. The van der Waals surface area contributed by atoms with Gasteiger partial charge in [-0.2, -0.15) is 0 Å². The molecule has 1 aromatic heterocycles. The number of aromatic amines is 1. The van der Waals surface area contributed by atoms with Gasteiger partial charge in [0.05, 0.1) is 12.8 Å². The summed E-state index contributed by atoms with van der Waals surface area (Å²) in [5.41, 5.74) is 6.91. The van der Waals surface area contributed by atoms with Crippen LogP contribution in [0.15, 0.2) is 29.1 Å². The molecule has 0 aliphatic carbocycles. The molecule has 0 aliphatic heterocycles. The van der Waals surface area contributed by atoms with Gasteiger partial charge in [0.15, 0.2) is 0 Å². The molecule has 0 bridgehead atoms. The number of carbonyl (C=O) groups is 1. The Morgan fingerprint density at radius 3 is 2.74 bits per heavy atom. The molecule has 0 spiro atoms. The molecule has 0 amide bonds. The highest BCUT2D eigenvalue weighted by Crippen LogP contribution is 2.19. The van der Waals surface area contributed by atoms with Crippen molar-refractivity contribution in [2.45, 2.75) is 13.5 Å². The van der Waals surface area contributed by atoms with Crippen molar-refractivity contribution in [3.63, 3.8) is 0 Å². The van der Waals surface area contributed by atoms with E-state index in [9.17, 15) is 9.59 Å². The first-order chi connectivity index (χ1) is 9.06. The number of aromatic nitrogens is 2. The molecule has 0 radical (unpaired) electrons. The predicted octanol–water partition coefficient (Wildman–Crippen LogP) is 0.641. The SMILES string of the molecule is COc1ccc(C(=O)n2[nH]c(=O)cc2CN)cc1C. The quantitative estimate of drug-likeness (QED) is 0.848. The highest BCUT2D eigenvalue weighted by molar-refractivity contribution is 5.96. The third-order valence-electron chi connectivity index (χ3n) is 2.86. The minimum atomic E-state index is -0.348. The Kier molecular flexibility index (Phi) is 3.52. The monoisotopic (exact) mass is 261 g/mol. The Morgan fingerprint density at radius 1 is 1.42 bits per heavy atom. The second kappa shape index (κ2) is 5.11. The Morgan fingerprint density at radius 2 is 2.16 bits per heavy atom. The normalized spacial score (nSPS) is 10.5.